The van der Waals surface area contributed by atoms with Crippen LogP contribution in [0.15, 0.2) is 34.5 Å². The highest BCUT2D eigenvalue weighted by atomic mass is 19.3. The highest BCUT2D eigenvalue weighted by molar-refractivity contribution is 6.09. The van der Waals surface area contributed by atoms with Crippen LogP contribution in [0.2, 0.25) is 0 Å². The van der Waals surface area contributed by atoms with E-state index in [1.165, 1.54) is 21.7 Å². The van der Waals surface area contributed by atoms with Crippen LogP contribution in [0.3, 0.4) is 0 Å². The van der Waals surface area contributed by atoms with Crippen LogP contribution in [0.4, 0.5) is 14.5 Å². The van der Waals surface area contributed by atoms with Gasteiger partial charge in [-0.3, -0.25) is 14.6 Å². The van der Waals surface area contributed by atoms with Gasteiger partial charge >= 0.3 is 0 Å². The maximum atomic E-state index is 13.7. The Balaban J connectivity index is 1.18. The van der Waals surface area contributed by atoms with Crippen molar-refractivity contribution in [2.75, 3.05) is 50.7 Å². The van der Waals surface area contributed by atoms with Gasteiger partial charge < -0.3 is 20.4 Å². The molecule has 194 valence electrons. The number of halogens is 2. The zero-order valence-corrected chi connectivity index (χ0v) is 21.2. The standard InChI is InChI=1S/C27H35F2N5O2/c1-18-5-3-8-22(19(18)2)32-11-13-33(14-12-32)23(35)15-31-21-7-4-6-20(21)24(30)25(36)34-10-9-26(17-34)16-27(26,28)29/h3,5,8H,4,6-7,9-17,30H2,1-2H3. The highest BCUT2D eigenvalue weighted by Gasteiger charge is 2.73. The number of piperazine rings is 1. The summed E-state index contributed by atoms with van der Waals surface area (Å²) < 4.78 is 27.5. The number of alkyl halides is 2. The lowest BCUT2D eigenvalue weighted by atomic mass is 10.1. The van der Waals surface area contributed by atoms with Crippen molar-refractivity contribution in [1.29, 1.82) is 0 Å². The lowest BCUT2D eigenvalue weighted by molar-refractivity contribution is -0.130. The topological polar surface area (TPSA) is 82.2 Å². The Morgan fingerprint density at radius 2 is 1.78 bits per heavy atom. The Labute approximate surface area is 211 Å². The zero-order chi connectivity index (χ0) is 25.7. The summed E-state index contributed by atoms with van der Waals surface area (Å²) in [7, 11) is 0. The van der Waals surface area contributed by atoms with Crippen LogP contribution in [0.1, 0.15) is 43.2 Å². The van der Waals surface area contributed by atoms with Crippen molar-refractivity contribution in [3.05, 3.63) is 40.6 Å². The second-order valence-corrected chi connectivity index (χ2v) is 10.7. The third-order valence-corrected chi connectivity index (χ3v) is 8.55. The van der Waals surface area contributed by atoms with E-state index in [4.69, 9.17) is 5.73 Å². The Morgan fingerprint density at radius 1 is 1.06 bits per heavy atom. The smallest absolute Gasteiger partial charge is 0.270 e. The van der Waals surface area contributed by atoms with E-state index in [9.17, 15) is 18.4 Å². The minimum Gasteiger partial charge on any atom is -0.394 e. The van der Waals surface area contributed by atoms with Crippen LogP contribution in [-0.2, 0) is 9.59 Å². The first-order valence-corrected chi connectivity index (χ1v) is 12.9. The van der Waals surface area contributed by atoms with Gasteiger partial charge in [0.25, 0.3) is 11.8 Å². The second kappa shape index (κ2) is 9.16. The summed E-state index contributed by atoms with van der Waals surface area (Å²) in [6.45, 7) is 7.46. The summed E-state index contributed by atoms with van der Waals surface area (Å²) in [6.07, 6.45) is 2.27. The predicted octanol–water partition coefficient (Wildman–Crippen LogP) is 3.05. The Hall–Kier alpha value is -2.97. The predicted molar refractivity (Wildman–Crippen MR) is 135 cm³/mol. The van der Waals surface area contributed by atoms with E-state index in [1.54, 1.807) is 0 Å². The van der Waals surface area contributed by atoms with Crippen molar-refractivity contribution in [2.24, 2.45) is 16.1 Å². The molecule has 2 aliphatic carbocycles. The summed E-state index contributed by atoms with van der Waals surface area (Å²) in [5.74, 6) is -3.08. The lowest BCUT2D eigenvalue weighted by Gasteiger charge is -2.37. The van der Waals surface area contributed by atoms with Crippen molar-refractivity contribution < 1.29 is 18.4 Å². The fourth-order valence-corrected chi connectivity index (χ4v) is 5.90. The lowest BCUT2D eigenvalue weighted by Crippen LogP contribution is -2.49. The molecule has 0 aromatic heterocycles. The molecule has 4 fully saturated rings. The third kappa shape index (κ3) is 4.37. The van der Waals surface area contributed by atoms with Crippen LogP contribution in [-0.4, -0.2) is 79.1 Å². The molecule has 2 aliphatic heterocycles. The molecule has 2 saturated heterocycles. The van der Waals surface area contributed by atoms with Crippen LogP contribution < -0.4 is 10.6 Å². The number of hydrogen-bond acceptors (Lipinski definition) is 5. The summed E-state index contributed by atoms with van der Waals surface area (Å²) in [5, 5.41) is 0. The van der Waals surface area contributed by atoms with E-state index >= 15 is 0 Å². The molecule has 4 aliphatic rings. The number of hydrogen-bond donors (Lipinski definition) is 1. The summed E-state index contributed by atoms with van der Waals surface area (Å²) in [6, 6.07) is 6.30. The number of likely N-dealkylation sites (tertiary alicyclic amines) is 1. The number of allylic oxidation sites excluding steroid dienone is 1. The average molecular weight is 500 g/mol. The van der Waals surface area contributed by atoms with E-state index in [0.29, 0.717) is 50.2 Å². The van der Waals surface area contributed by atoms with Crippen LogP contribution >= 0.6 is 0 Å². The summed E-state index contributed by atoms with van der Waals surface area (Å²) in [4.78, 5) is 36.0. The van der Waals surface area contributed by atoms with E-state index in [-0.39, 0.29) is 37.0 Å². The summed E-state index contributed by atoms with van der Waals surface area (Å²) >= 11 is 0. The van der Waals surface area contributed by atoms with Gasteiger partial charge in [-0.05, 0) is 56.7 Å². The van der Waals surface area contributed by atoms with Crippen molar-refractivity contribution in [3.8, 4) is 0 Å². The highest BCUT2D eigenvalue weighted by Crippen LogP contribution is 2.65. The number of nitrogens with two attached hydrogens (primary N) is 1. The van der Waals surface area contributed by atoms with Gasteiger partial charge in [0.2, 0.25) is 5.91 Å². The number of aryl methyl sites for hydroxylation is 1. The second-order valence-electron chi connectivity index (χ2n) is 10.7. The van der Waals surface area contributed by atoms with Crippen molar-refractivity contribution in [1.82, 2.24) is 9.80 Å². The first-order valence-electron chi connectivity index (χ1n) is 12.9. The number of carbonyl (C=O) groups is 2. The fourth-order valence-electron chi connectivity index (χ4n) is 5.90. The van der Waals surface area contributed by atoms with Crippen molar-refractivity contribution in [3.63, 3.8) is 0 Å². The molecule has 1 aromatic carbocycles. The number of rotatable bonds is 4. The molecule has 0 radical (unpaired) electrons. The van der Waals surface area contributed by atoms with Gasteiger partial charge in [-0.15, -0.1) is 0 Å². The maximum absolute atomic E-state index is 13.7. The SMILES string of the molecule is Cc1cccc(N2CCN(C(=O)CN=C3CCCC3=C(N)C(=O)N3CCC4(C3)CC4(F)F)CC2)c1C. The minimum atomic E-state index is -2.67. The van der Waals surface area contributed by atoms with Gasteiger partial charge in [0.15, 0.2) is 0 Å². The molecule has 7 nitrogen and oxygen atoms in total. The molecule has 1 atom stereocenters. The Morgan fingerprint density at radius 3 is 2.44 bits per heavy atom. The normalized spacial score (nSPS) is 27.8. The molecule has 1 unspecified atom stereocenters. The number of amides is 2. The first kappa shape index (κ1) is 24.7. The molecule has 5 rings (SSSR count). The first-order chi connectivity index (χ1) is 17.1. The molecule has 2 amide bonds. The Bertz CT molecular complexity index is 1140. The number of nitrogens with zero attached hydrogens (tertiary/aromatic N) is 4. The molecule has 2 saturated carbocycles. The van der Waals surface area contributed by atoms with Gasteiger partial charge in [0, 0.05) is 62.7 Å². The molecule has 9 heteroatoms. The van der Waals surface area contributed by atoms with Crippen LogP contribution in [0, 0.1) is 19.3 Å². The average Bonchev–Trinajstić information content (AvgIpc) is 3.25. The molecule has 1 aromatic rings. The van der Waals surface area contributed by atoms with E-state index in [1.807, 2.05) is 4.90 Å². The van der Waals surface area contributed by atoms with E-state index < -0.39 is 11.3 Å². The zero-order valence-electron chi connectivity index (χ0n) is 21.2. The monoisotopic (exact) mass is 499 g/mol. The van der Waals surface area contributed by atoms with Crippen molar-refractivity contribution in [2.45, 2.75) is 51.9 Å². The molecule has 36 heavy (non-hydrogen) atoms. The summed E-state index contributed by atoms with van der Waals surface area (Å²) in [5.41, 5.74) is 10.4. The third-order valence-electron chi connectivity index (χ3n) is 8.55. The quantitative estimate of drug-likeness (QED) is 0.646. The molecule has 0 bridgehead atoms. The van der Waals surface area contributed by atoms with Gasteiger partial charge in [0.1, 0.15) is 12.2 Å². The molecule has 2 N–H and O–H groups in total. The molecular formula is C27H35F2N5O2. The number of aliphatic imine (C=N–C) groups is 1. The van der Waals surface area contributed by atoms with Gasteiger partial charge in [0.05, 0.1) is 5.41 Å². The van der Waals surface area contributed by atoms with Gasteiger partial charge in [-0.1, -0.05) is 12.1 Å². The number of anilines is 1. The van der Waals surface area contributed by atoms with Crippen LogP contribution in [0.25, 0.3) is 0 Å². The Kier molecular flexibility index (Phi) is 6.29. The van der Waals surface area contributed by atoms with Crippen molar-refractivity contribution >= 4 is 23.2 Å². The molecule has 2 heterocycles. The minimum absolute atomic E-state index is 0.0306. The number of benzene rings is 1. The fraction of sp³-hybridized carbons (Fsp3) is 0.593. The van der Waals surface area contributed by atoms with Gasteiger partial charge in [-0.25, -0.2) is 8.78 Å². The van der Waals surface area contributed by atoms with E-state index in [2.05, 4.69) is 41.9 Å². The maximum Gasteiger partial charge on any atom is 0.270 e. The largest absolute Gasteiger partial charge is 0.394 e. The molecular weight excluding hydrogens is 464 g/mol. The van der Waals surface area contributed by atoms with E-state index in [0.717, 1.165) is 19.5 Å². The molecule has 1 spiro atoms. The van der Waals surface area contributed by atoms with Crippen LogP contribution in [0.5, 0.6) is 0 Å². The van der Waals surface area contributed by atoms with Gasteiger partial charge in [-0.2, -0.15) is 0 Å². The number of carbonyl (C=O) groups excluding carboxylic acids is 2.